The quantitative estimate of drug-likeness (QED) is 0.873. The molecular weight excluding hydrogens is 266 g/mol. The van der Waals surface area contributed by atoms with E-state index in [1.54, 1.807) is 21.3 Å². The molecule has 0 aliphatic heterocycles. The molecule has 2 rings (SSSR count). The number of ether oxygens (including phenoxy) is 3. The van der Waals surface area contributed by atoms with Gasteiger partial charge in [-0.15, -0.1) is 0 Å². The van der Waals surface area contributed by atoms with Gasteiger partial charge in [0.15, 0.2) is 11.5 Å². The summed E-state index contributed by atoms with van der Waals surface area (Å²) in [5.41, 5.74) is 1.10. The van der Waals surface area contributed by atoms with E-state index in [1.165, 1.54) is 25.7 Å². The molecule has 2 atom stereocenters. The average Bonchev–Trinajstić information content (AvgIpc) is 2.53. The van der Waals surface area contributed by atoms with Crippen molar-refractivity contribution in [1.29, 1.82) is 0 Å². The van der Waals surface area contributed by atoms with Crippen molar-refractivity contribution >= 4 is 0 Å². The predicted octanol–water partition coefficient (Wildman–Crippen LogP) is 3.38. The number of hydrogen-bond donors (Lipinski definition) is 1. The van der Waals surface area contributed by atoms with Gasteiger partial charge in [-0.2, -0.15) is 0 Å². The van der Waals surface area contributed by atoms with Gasteiger partial charge in [0, 0.05) is 24.2 Å². The van der Waals surface area contributed by atoms with E-state index in [9.17, 15) is 0 Å². The fourth-order valence-corrected chi connectivity index (χ4v) is 3.09. The molecule has 118 valence electrons. The van der Waals surface area contributed by atoms with Gasteiger partial charge in [-0.1, -0.05) is 19.8 Å². The first kappa shape index (κ1) is 16.0. The van der Waals surface area contributed by atoms with Crippen LogP contribution in [0.2, 0.25) is 0 Å². The monoisotopic (exact) mass is 293 g/mol. The topological polar surface area (TPSA) is 39.7 Å². The number of methoxy groups -OCH3 is 3. The molecule has 0 heterocycles. The molecule has 4 nitrogen and oxygen atoms in total. The van der Waals surface area contributed by atoms with Gasteiger partial charge in [0.2, 0.25) is 0 Å². The minimum Gasteiger partial charge on any atom is -0.496 e. The minimum atomic E-state index is 0.594. The van der Waals surface area contributed by atoms with Crippen LogP contribution in [0.15, 0.2) is 12.1 Å². The van der Waals surface area contributed by atoms with Crippen molar-refractivity contribution < 1.29 is 14.2 Å². The zero-order valence-electron chi connectivity index (χ0n) is 13.6. The number of hydrogen-bond acceptors (Lipinski definition) is 4. The van der Waals surface area contributed by atoms with E-state index in [-0.39, 0.29) is 0 Å². The molecule has 1 aromatic carbocycles. The van der Waals surface area contributed by atoms with Crippen LogP contribution in [0.25, 0.3) is 0 Å². The van der Waals surface area contributed by atoms with Crippen molar-refractivity contribution in [2.45, 2.75) is 45.2 Å². The molecule has 0 amide bonds. The van der Waals surface area contributed by atoms with E-state index >= 15 is 0 Å². The molecule has 1 fully saturated rings. The van der Waals surface area contributed by atoms with Gasteiger partial charge in [0.05, 0.1) is 21.3 Å². The van der Waals surface area contributed by atoms with Gasteiger partial charge in [0.25, 0.3) is 0 Å². The van der Waals surface area contributed by atoms with Crippen molar-refractivity contribution in [2.24, 2.45) is 5.92 Å². The molecule has 0 unspecified atom stereocenters. The largest absolute Gasteiger partial charge is 0.496 e. The summed E-state index contributed by atoms with van der Waals surface area (Å²) in [5, 5.41) is 3.67. The summed E-state index contributed by atoms with van der Waals surface area (Å²) in [6.07, 6.45) is 5.27. The highest BCUT2D eigenvalue weighted by Gasteiger charge is 2.21. The lowest BCUT2D eigenvalue weighted by Gasteiger charge is -2.30. The molecule has 0 saturated heterocycles. The van der Waals surface area contributed by atoms with E-state index in [4.69, 9.17) is 14.2 Å². The van der Waals surface area contributed by atoms with Crippen LogP contribution in [0.5, 0.6) is 17.2 Å². The Kier molecular flexibility index (Phi) is 5.74. The first-order chi connectivity index (χ1) is 10.2. The Morgan fingerprint density at radius 3 is 2.19 bits per heavy atom. The second-order valence-electron chi connectivity index (χ2n) is 5.77. The summed E-state index contributed by atoms with van der Waals surface area (Å²) in [5.74, 6) is 3.02. The van der Waals surface area contributed by atoms with Crippen LogP contribution >= 0.6 is 0 Å². The van der Waals surface area contributed by atoms with Crippen molar-refractivity contribution in [2.75, 3.05) is 21.3 Å². The Bertz CT molecular complexity index is 462. The van der Waals surface area contributed by atoms with Gasteiger partial charge >= 0.3 is 0 Å². The summed E-state index contributed by atoms with van der Waals surface area (Å²) in [6.45, 7) is 3.13. The first-order valence-corrected chi connectivity index (χ1v) is 7.71. The van der Waals surface area contributed by atoms with E-state index in [0.717, 1.165) is 29.5 Å². The normalized spacial score (nSPS) is 21.9. The SMILES string of the molecule is COc1cc(OC)c(OC)cc1CN[C@H]1CCCC[C@@H]1C. The van der Waals surface area contributed by atoms with E-state index < -0.39 is 0 Å². The van der Waals surface area contributed by atoms with Gasteiger partial charge < -0.3 is 19.5 Å². The van der Waals surface area contributed by atoms with Gasteiger partial charge in [0.1, 0.15) is 5.75 Å². The highest BCUT2D eigenvalue weighted by Crippen LogP contribution is 2.35. The van der Waals surface area contributed by atoms with Crippen LogP contribution < -0.4 is 19.5 Å². The molecule has 0 aromatic heterocycles. The van der Waals surface area contributed by atoms with E-state index in [2.05, 4.69) is 12.2 Å². The minimum absolute atomic E-state index is 0.594. The van der Waals surface area contributed by atoms with Gasteiger partial charge in [-0.05, 0) is 24.8 Å². The molecular formula is C17H27NO3. The predicted molar refractivity (Wildman–Crippen MR) is 84.4 cm³/mol. The molecule has 0 bridgehead atoms. The molecule has 1 aliphatic carbocycles. The van der Waals surface area contributed by atoms with Crippen molar-refractivity contribution in [3.63, 3.8) is 0 Å². The third-order valence-corrected chi connectivity index (χ3v) is 4.45. The number of rotatable bonds is 6. The van der Waals surface area contributed by atoms with Crippen LogP contribution in [0.4, 0.5) is 0 Å². The fourth-order valence-electron chi connectivity index (χ4n) is 3.09. The van der Waals surface area contributed by atoms with E-state index in [1.807, 2.05) is 12.1 Å². The Labute approximate surface area is 127 Å². The standard InChI is InChI=1S/C17H27NO3/c1-12-7-5-6-8-14(12)18-11-13-9-16(20-3)17(21-4)10-15(13)19-2/h9-10,12,14,18H,5-8,11H2,1-4H3/t12-,14-/m0/s1. The van der Waals surface area contributed by atoms with E-state index in [0.29, 0.717) is 11.8 Å². The van der Waals surface area contributed by atoms with Crippen molar-refractivity contribution in [1.82, 2.24) is 5.32 Å². The summed E-state index contributed by atoms with van der Waals surface area (Å²) < 4.78 is 16.2. The Morgan fingerprint density at radius 2 is 1.57 bits per heavy atom. The molecule has 0 spiro atoms. The molecule has 1 saturated carbocycles. The molecule has 1 N–H and O–H groups in total. The second kappa shape index (κ2) is 7.55. The van der Waals surface area contributed by atoms with Crippen molar-refractivity contribution in [3.05, 3.63) is 17.7 Å². The lowest BCUT2D eigenvalue weighted by Crippen LogP contribution is -2.36. The van der Waals surface area contributed by atoms with Crippen molar-refractivity contribution in [3.8, 4) is 17.2 Å². The zero-order valence-corrected chi connectivity index (χ0v) is 13.6. The van der Waals surface area contributed by atoms with Gasteiger partial charge in [-0.3, -0.25) is 0 Å². The Hall–Kier alpha value is -1.42. The highest BCUT2D eigenvalue weighted by molar-refractivity contribution is 5.50. The van der Waals surface area contributed by atoms with Gasteiger partial charge in [-0.25, -0.2) is 0 Å². The van der Waals surface area contributed by atoms with Crippen LogP contribution in [-0.4, -0.2) is 27.4 Å². The molecule has 1 aliphatic rings. The summed E-state index contributed by atoms with van der Waals surface area (Å²) in [6, 6.07) is 4.48. The molecule has 21 heavy (non-hydrogen) atoms. The summed E-state index contributed by atoms with van der Waals surface area (Å²) in [7, 11) is 4.98. The summed E-state index contributed by atoms with van der Waals surface area (Å²) in [4.78, 5) is 0. The Morgan fingerprint density at radius 1 is 0.952 bits per heavy atom. The molecule has 1 aromatic rings. The fraction of sp³-hybridized carbons (Fsp3) is 0.647. The smallest absolute Gasteiger partial charge is 0.164 e. The third-order valence-electron chi connectivity index (χ3n) is 4.45. The zero-order chi connectivity index (χ0) is 15.2. The highest BCUT2D eigenvalue weighted by atomic mass is 16.5. The summed E-state index contributed by atoms with van der Waals surface area (Å²) >= 11 is 0. The van der Waals surface area contributed by atoms with Crippen LogP contribution in [0.1, 0.15) is 38.2 Å². The maximum atomic E-state index is 5.48. The molecule has 0 radical (unpaired) electrons. The lowest BCUT2D eigenvalue weighted by atomic mass is 9.86. The second-order valence-corrected chi connectivity index (χ2v) is 5.77. The maximum Gasteiger partial charge on any atom is 0.164 e. The number of benzene rings is 1. The Balaban J connectivity index is 2.10. The first-order valence-electron chi connectivity index (χ1n) is 7.71. The van der Waals surface area contributed by atoms with Crippen LogP contribution in [0, 0.1) is 5.92 Å². The molecule has 4 heteroatoms. The third kappa shape index (κ3) is 3.82. The average molecular weight is 293 g/mol. The lowest BCUT2D eigenvalue weighted by molar-refractivity contribution is 0.277. The maximum absolute atomic E-state index is 5.48. The number of nitrogens with one attached hydrogen (secondary N) is 1. The van der Waals surface area contributed by atoms with Crippen LogP contribution in [-0.2, 0) is 6.54 Å². The van der Waals surface area contributed by atoms with Crippen LogP contribution in [0.3, 0.4) is 0 Å².